The highest BCUT2D eigenvalue weighted by Gasteiger charge is 2.27. The Balaban J connectivity index is 1.68. The Hall–Kier alpha value is -3.03. The Morgan fingerprint density at radius 1 is 1.32 bits per heavy atom. The van der Waals surface area contributed by atoms with Crippen molar-refractivity contribution in [3.8, 4) is 0 Å². The second kappa shape index (κ2) is 7.25. The van der Waals surface area contributed by atoms with Gasteiger partial charge in [-0.2, -0.15) is 10.1 Å². The van der Waals surface area contributed by atoms with Gasteiger partial charge in [0.05, 0.1) is 6.54 Å². The monoisotopic (exact) mass is 342 g/mol. The molecule has 25 heavy (non-hydrogen) atoms. The largest absolute Gasteiger partial charge is 0.448 e. The first-order valence-electron chi connectivity index (χ1n) is 7.96. The second-order valence-electron chi connectivity index (χ2n) is 5.71. The molecule has 130 valence electrons. The Kier molecular flexibility index (Phi) is 4.87. The minimum absolute atomic E-state index is 0.124. The van der Waals surface area contributed by atoms with Crippen LogP contribution in [0.4, 0.5) is 0 Å². The number of aryl methyl sites for hydroxylation is 1. The standard InChI is InChI=1S/C17H18N4O4/c1-11(16-18-12(2)20-25-16)24-17(23)14-8-9-15(22)21(19-14)10-13-6-4-3-5-7-13/h3-7,11H,8-10H2,1-2H3. The molecule has 1 aliphatic rings. The van der Waals surface area contributed by atoms with E-state index in [1.807, 2.05) is 30.3 Å². The molecule has 2 aromatic rings. The van der Waals surface area contributed by atoms with Gasteiger partial charge in [0.1, 0.15) is 5.71 Å². The number of nitrogens with zero attached hydrogens (tertiary/aromatic N) is 4. The molecular weight excluding hydrogens is 324 g/mol. The number of amides is 1. The Morgan fingerprint density at radius 3 is 2.76 bits per heavy atom. The van der Waals surface area contributed by atoms with Crippen molar-refractivity contribution in [1.29, 1.82) is 0 Å². The van der Waals surface area contributed by atoms with Gasteiger partial charge in [0.25, 0.3) is 5.89 Å². The van der Waals surface area contributed by atoms with Gasteiger partial charge in [-0.3, -0.25) is 4.79 Å². The SMILES string of the molecule is Cc1noc(C(C)OC(=O)C2=NN(Cc3ccccc3)C(=O)CC2)n1. The third kappa shape index (κ3) is 4.09. The molecule has 1 amide bonds. The van der Waals surface area contributed by atoms with E-state index >= 15 is 0 Å². The predicted octanol–water partition coefficient (Wildman–Crippen LogP) is 2.16. The minimum Gasteiger partial charge on any atom is -0.448 e. The molecule has 0 radical (unpaired) electrons. The topological polar surface area (TPSA) is 97.9 Å². The van der Waals surface area contributed by atoms with Gasteiger partial charge < -0.3 is 9.26 Å². The highest BCUT2D eigenvalue weighted by atomic mass is 16.6. The number of carbonyl (C=O) groups is 2. The van der Waals surface area contributed by atoms with Crippen molar-refractivity contribution in [2.45, 2.75) is 39.3 Å². The zero-order chi connectivity index (χ0) is 17.8. The van der Waals surface area contributed by atoms with Crippen LogP contribution in [0.2, 0.25) is 0 Å². The van der Waals surface area contributed by atoms with Gasteiger partial charge in [-0.1, -0.05) is 35.5 Å². The van der Waals surface area contributed by atoms with Crippen LogP contribution in [-0.2, 0) is 20.9 Å². The molecule has 1 atom stereocenters. The molecule has 1 aromatic carbocycles. The number of hydrogen-bond donors (Lipinski definition) is 0. The maximum Gasteiger partial charge on any atom is 0.355 e. The average molecular weight is 342 g/mol. The van der Waals surface area contributed by atoms with Crippen LogP contribution >= 0.6 is 0 Å². The molecule has 0 saturated heterocycles. The minimum atomic E-state index is -0.684. The fourth-order valence-electron chi connectivity index (χ4n) is 2.39. The number of carbonyl (C=O) groups excluding carboxylic acids is 2. The van der Waals surface area contributed by atoms with Crippen molar-refractivity contribution >= 4 is 17.6 Å². The molecule has 2 heterocycles. The van der Waals surface area contributed by atoms with Gasteiger partial charge in [0, 0.05) is 12.8 Å². The third-order valence-corrected chi connectivity index (χ3v) is 3.69. The summed E-state index contributed by atoms with van der Waals surface area (Å²) in [5.41, 5.74) is 1.14. The molecule has 0 aliphatic carbocycles. The molecule has 0 spiro atoms. The van der Waals surface area contributed by atoms with E-state index in [1.165, 1.54) is 5.01 Å². The van der Waals surface area contributed by atoms with Crippen LogP contribution in [0.15, 0.2) is 40.0 Å². The van der Waals surface area contributed by atoms with E-state index in [9.17, 15) is 9.59 Å². The number of hydrogen-bond acceptors (Lipinski definition) is 7. The van der Waals surface area contributed by atoms with Crippen LogP contribution < -0.4 is 0 Å². The maximum absolute atomic E-state index is 12.3. The first kappa shape index (κ1) is 16.8. The molecule has 1 aromatic heterocycles. The summed E-state index contributed by atoms with van der Waals surface area (Å²) in [6, 6.07) is 9.46. The van der Waals surface area contributed by atoms with Crippen LogP contribution in [0.3, 0.4) is 0 Å². The molecule has 0 fully saturated rings. The summed E-state index contributed by atoms with van der Waals surface area (Å²) in [5.74, 6) is -0.0260. The zero-order valence-electron chi connectivity index (χ0n) is 14.0. The molecule has 8 nitrogen and oxygen atoms in total. The molecule has 0 N–H and O–H groups in total. The molecule has 8 heteroatoms. The Morgan fingerprint density at radius 2 is 2.08 bits per heavy atom. The predicted molar refractivity (Wildman–Crippen MR) is 87.2 cm³/mol. The van der Waals surface area contributed by atoms with E-state index in [4.69, 9.17) is 9.26 Å². The van der Waals surface area contributed by atoms with Gasteiger partial charge in [-0.25, -0.2) is 9.80 Å². The fraction of sp³-hybridized carbons (Fsp3) is 0.353. The van der Waals surface area contributed by atoms with Gasteiger partial charge in [0.2, 0.25) is 5.91 Å². The summed E-state index contributed by atoms with van der Waals surface area (Å²) in [5, 5.41) is 9.14. The van der Waals surface area contributed by atoms with E-state index in [0.717, 1.165) is 5.56 Å². The summed E-state index contributed by atoms with van der Waals surface area (Å²) < 4.78 is 10.3. The Bertz CT molecular complexity index is 800. The average Bonchev–Trinajstić information content (AvgIpc) is 3.04. The maximum atomic E-state index is 12.3. The van der Waals surface area contributed by atoms with Crippen molar-refractivity contribution in [1.82, 2.24) is 15.1 Å². The van der Waals surface area contributed by atoms with Crippen LogP contribution in [0, 0.1) is 6.92 Å². The number of ether oxygens (including phenoxy) is 1. The first-order chi connectivity index (χ1) is 12.0. The first-order valence-corrected chi connectivity index (χ1v) is 7.96. The van der Waals surface area contributed by atoms with Crippen molar-refractivity contribution in [2.24, 2.45) is 5.10 Å². The van der Waals surface area contributed by atoms with Crippen molar-refractivity contribution in [3.05, 3.63) is 47.6 Å². The van der Waals surface area contributed by atoms with E-state index in [0.29, 0.717) is 12.4 Å². The second-order valence-corrected chi connectivity index (χ2v) is 5.71. The number of esters is 1. The van der Waals surface area contributed by atoms with Crippen LogP contribution in [-0.4, -0.2) is 32.7 Å². The quantitative estimate of drug-likeness (QED) is 0.772. The molecule has 0 saturated carbocycles. The fourth-order valence-corrected chi connectivity index (χ4v) is 2.39. The Labute approximate surface area is 144 Å². The number of rotatable bonds is 5. The third-order valence-electron chi connectivity index (χ3n) is 3.69. The van der Waals surface area contributed by atoms with Gasteiger partial charge in [0.15, 0.2) is 11.9 Å². The van der Waals surface area contributed by atoms with E-state index < -0.39 is 12.1 Å². The summed E-state index contributed by atoms with van der Waals surface area (Å²) in [4.78, 5) is 28.4. The number of hydrazone groups is 1. The lowest BCUT2D eigenvalue weighted by molar-refractivity contribution is -0.142. The summed E-state index contributed by atoms with van der Waals surface area (Å²) in [7, 11) is 0. The molecule has 0 bridgehead atoms. The number of benzene rings is 1. The highest BCUT2D eigenvalue weighted by molar-refractivity contribution is 6.37. The van der Waals surface area contributed by atoms with E-state index in [1.54, 1.807) is 13.8 Å². The van der Waals surface area contributed by atoms with Crippen LogP contribution in [0.5, 0.6) is 0 Å². The summed E-state index contributed by atoms with van der Waals surface area (Å²) in [6.45, 7) is 3.63. The highest BCUT2D eigenvalue weighted by Crippen LogP contribution is 2.18. The summed E-state index contributed by atoms with van der Waals surface area (Å²) in [6.07, 6.45) is -0.218. The van der Waals surface area contributed by atoms with Gasteiger partial charge >= 0.3 is 5.97 Å². The van der Waals surface area contributed by atoms with E-state index in [-0.39, 0.29) is 30.4 Å². The lowest BCUT2D eigenvalue weighted by Gasteiger charge is -2.23. The van der Waals surface area contributed by atoms with Gasteiger partial charge in [-0.05, 0) is 19.4 Å². The molecule has 1 aliphatic heterocycles. The molecule has 1 unspecified atom stereocenters. The summed E-state index contributed by atoms with van der Waals surface area (Å²) >= 11 is 0. The lowest BCUT2D eigenvalue weighted by atomic mass is 10.1. The zero-order valence-corrected chi connectivity index (χ0v) is 14.0. The van der Waals surface area contributed by atoms with Crippen molar-refractivity contribution in [3.63, 3.8) is 0 Å². The molecular formula is C17H18N4O4. The van der Waals surface area contributed by atoms with Crippen molar-refractivity contribution in [2.75, 3.05) is 0 Å². The van der Waals surface area contributed by atoms with Crippen LogP contribution in [0.1, 0.15) is 43.1 Å². The van der Waals surface area contributed by atoms with Crippen molar-refractivity contribution < 1.29 is 18.8 Å². The smallest absolute Gasteiger partial charge is 0.355 e. The lowest BCUT2D eigenvalue weighted by Crippen LogP contribution is -2.34. The van der Waals surface area contributed by atoms with Crippen LogP contribution in [0.25, 0.3) is 0 Å². The van der Waals surface area contributed by atoms with E-state index in [2.05, 4.69) is 15.2 Å². The normalized spacial score (nSPS) is 15.7. The van der Waals surface area contributed by atoms with Gasteiger partial charge in [-0.15, -0.1) is 0 Å². The number of aromatic nitrogens is 2. The molecule has 3 rings (SSSR count).